The molecule has 0 unspecified atom stereocenters. The van der Waals surface area contributed by atoms with Gasteiger partial charge < -0.3 is 0 Å². The Morgan fingerprint density at radius 1 is 1.19 bits per heavy atom. The molecule has 0 aliphatic heterocycles. The number of thioether (sulfide) groups is 1. The Morgan fingerprint density at radius 2 is 1.88 bits per heavy atom. The zero-order valence-electron chi connectivity index (χ0n) is 9.18. The van der Waals surface area contributed by atoms with Gasteiger partial charge in [-0.1, -0.05) is 12.1 Å². The standard InChI is InChI=1S/C12H12N2OS/c1-14-12(15)7-10(8-13-14)9-3-5-11(16-2)6-4-9/h3-8H,1-2H3. The molecule has 16 heavy (non-hydrogen) atoms. The van der Waals surface area contributed by atoms with E-state index in [9.17, 15) is 4.79 Å². The first-order chi connectivity index (χ1) is 7.70. The van der Waals surface area contributed by atoms with Crippen LogP contribution in [0.25, 0.3) is 11.1 Å². The van der Waals surface area contributed by atoms with Gasteiger partial charge in [-0.25, -0.2) is 4.68 Å². The minimum absolute atomic E-state index is 0.0913. The van der Waals surface area contributed by atoms with E-state index in [1.807, 2.05) is 30.5 Å². The second-order valence-electron chi connectivity index (χ2n) is 3.43. The maximum absolute atomic E-state index is 11.4. The average Bonchev–Trinajstić information content (AvgIpc) is 2.33. The Labute approximate surface area is 98.1 Å². The predicted molar refractivity (Wildman–Crippen MR) is 66.7 cm³/mol. The van der Waals surface area contributed by atoms with Crippen LogP contribution in [0.15, 0.2) is 46.2 Å². The fraction of sp³-hybridized carbons (Fsp3) is 0.167. The van der Waals surface area contributed by atoms with E-state index in [1.54, 1.807) is 31.1 Å². The van der Waals surface area contributed by atoms with Crippen molar-refractivity contribution in [2.45, 2.75) is 4.90 Å². The molecule has 0 aliphatic rings. The lowest BCUT2D eigenvalue weighted by molar-refractivity contribution is 0.708. The van der Waals surface area contributed by atoms with Crippen LogP contribution in [0, 0.1) is 0 Å². The van der Waals surface area contributed by atoms with Gasteiger partial charge in [0.1, 0.15) is 0 Å². The van der Waals surface area contributed by atoms with Gasteiger partial charge in [0.05, 0.1) is 6.20 Å². The second-order valence-corrected chi connectivity index (χ2v) is 4.31. The smallest absolute Gasteiger partial charge is 0.267 e. The Kier molecular flexibility index (Phi) is 3.10. The van der Waals surface area contributed by atoms with Crippen LogP contribution in [-0.2, 0) is 7.05 Å². The highest BCUT2D eigenvalue weighted by molar-refractivity contribution is 7.98. The molecular formula is C12H12N2OS. The molecule has 1 aromatic carbocycles. The Morgan fingerprint density at radius 3 is 2.44 bits per heavy atom. The third kappa shape index (κ3) is 2.17. The average molecular weight is 232 g/mol. The van der Waals surface area contributed by atoms with Gasteiger partial charge in [0, 0.05) is 23.6 Å². The van der Waals surface area contributed by atoms with Crippen molar-refractivity contribution in [2.24, 2.45) is 7.05 Å². The fourth-order valence-electron chi connectivity index (χ4n) is 1.41. The molecule has 82 valence electrons. The molecule has 3 nitrogen and oxygen atoms in total. The predicted octanol–water partition coefficient (Wildman–Crippen LogP) is 2.17. The van der Waals surface area contributed by atoms with E-state index < -0.39 is 0 Å². The monoisotopic (exact) mass is 232 g/mol. The van der Waals surface area contributed by atoms with Gasteiger partial charge >= 0.3 is 0 Å². The molecule has 0 spiro atoms. The number of nitrogens with zero attached hydrogens (tertiary/aromatic N) is 2. The summed E-state index contributed by atoms with van der Waals surface area (Å²) < 4.78 is 1.32. The number of rotatable bonds is 2. The lowest BCUT2D eigenvalue weighted by atomic mass is 10.1. The molecule has 0 saturated carbocycles. The SMILES string of the molecule is CSc1ccc(-c2cnn(C)c(=O)c2)cc1. The first kappa shape index (κ1) is 11.0. The highest BCUT2D eigenvalue weighted by atomic mass is 32.2. The van der Waals surface area contributed by atoms with Crippen LogP contribution in [0.5, 0.6) is 0 Å². The summed E-state index contributed by atoms with van der Waals surface area (Å²) in [6.07, 6.45) is 3.74. The number of aryl methyl sites for hydroxylation is 1. The zero-order chi connectivity index (χ0) is 11.5. The molecule has 2 rings (SSSR count). The van der Waals surface area contributed by atoms with Crippen LogP contribution in [-0.4, -0.2) is 16.0 Å². The summed E-state index contributed by atoms with van der Waals surface area (Å²) in [5, 5.41) is 4.00. The van der Waals surface area contributed by atoms with Crippen molar-refractivity contribution in [3.05, 3.63) is 46.9 Å². The van der Waals surface area contributed by atoms with Crippen LogP contribution in [0.3, 0.4) is 0 Å². The van der Waals surface area contributed by atoms with E-state index in [-0.39, 0.29) is 5.56 Å². The Balaban J connectivity index is 2.42. The van der Waals surface area contributed by atoms with E-state index in [0.29, 0.717) is 0 Å². The first-order valence-electron chi connectivity index (χ1n) is 4.88. The lowest BCUT2D eigenvalue weighted by Crippen LogP contribution is -2.17. The maximum Gasteiger partial charge on any atom is 0.267 e. The van der Waals surface area contributed by atoms with Crippen LogP contribution >= 0.6 is 11.8 Å². The normalized spacial score (nSPS) is 10.4. The molecule has 0 atom stereocenters. The Hall–Kier alpha value is -1.55. The van der Waals surface area contributed by atoms with Gasteiger partial charge in [0.15, 0.2) is 0 Å². The summed E-state index contributed by atoms with van der Waals surface area (Å²) in [6.45, 7) is 0. The molecule has 0 N–H and O–H groups in total. The van der Waals surface area contributed by atoms with Gasteiger partial charge in [0.25, 0.3) is 5.56 Å². The minimum atomic E-state index is -0.0913. The van der Waals surface area contributed by atoms with Crippen LogP contribution < -0.4 is 5.56 Å². The van der Waals surface area contributed by atoms with E-state index in [0.717, 1.165) is 11.1 Å². The highest BCUT2D eigenvalue weighted by Crippen LogP contribution is 2.21. The van der Waals surface area contributed by atoms with Crippen molar-refractivity contribution in [3.63, 3.8) is 0 Å². The zero-order valence-corrected chi connectivity index (χ0v) is 9.99. The van der Waals surface area contributed by atoms with E-state index in [1.165, 1.54) is 9.58 Å². The van der Waals surface area contributed by atoms with Crippen molar-refractivity contribution in [3.8, 4) is 11.1 Å². The minimum Gasteiger partial charge on any atom is -0.268 e. The van der Waals surface area contributed by atoms with Crippen molar-refractivity contribution < 1.29 is 0 Å². The maximum atomic E-state index is 11.4. The van der Waals surface area contributed by atoms with E-state index in [2.05, 4.69) is 5.10 Å². The van der Waals surface area contributed by atoms with Crippen LogP contribution in [0.2, 0.25) is 0 Å². The van der Waals surface area contributed by atoms with E-state index >= 15 is 0 Å². The molecule has 0 amide bonds. The third-order valence-corrected chi connectivity index (χ3v) is 3.13. The summed E-state index contributed by atoms with van der Waals surface area (Å²) >= 11 is 1.70. The summed E-state index contributed by atoms with van der Waals surface area (Å²) in [6, 6.07) is 9.68. The fourth-order valence-corrected chi connectivity index (χ4v) is 1.82. The molecule has 1 heterocycles. The van der Waals surface area contributed by atoms with Gasteiger partial charge in [-0.2, -0.15) is 5.10 Å². The summed E-state index contributed by atoms with van der Waals surface area (Å²) in [5.74, 6) is 0. The molecule has 0 fully saturated rings. The van der Waals surface area contributed by atoms with Crippen molar-refractivity contribution in [1.82, 2.24) is 9.78 Å². The molecule has 1 aromatic heterocycles. The highest BCUT2D eigenvalue weighted by Gasteiger charge is 2.00. The summed E-state index contributed by atoms with van der Waals surface area (Å²) in [4.78, 5) is 12.6. The number of hydrogen-bond donors (Lipinski definition) is 0. The largest absolute Gasteiger partial charge is 0.268 e. The number of benzene rings is 1. The Bertz CT molecular complexity index is 546. The number of hydrogen-bond acceptors (Lipinski definition) is 3. The van der Waals surface area contributed by atoms with Crippen molar-refractivity contribution >= 4 is 11.8 Å². The molecule has 0 aliphatic carbocycles. The molecule has 0 radical (unpaired) electrons. The van der Waals surface area contributed by atoms with Crippen molar-refractivity contribution in [1.29, 1.82) is 0 Å². The van der Waals surface area contributed by atoms with Crippen LogP contribution in [0.1, 0.15) is 0 Å². The summed E-state index contributed by atoms with van der Waals surface area (Å²) in [7, 11) is 1.64. The quantitative estimate of drug-likeness (QED) is 0.744. The topological polar surface area (TPSA) is 34.9 Å². The number of aromatic nitrogens is 2. The molecule has 0 saturated heterocycles. The molecular weight excluding hydrogens is 220 g/mol. The first-order valence-corrected chi connectivity index (χ1v) is 6.11. The third-order valence-electron chi connectivity index (χ3n) is 2.39. The van der Waals surface area contributed by atoms with Crippen molar-refractivity contribution in [2.75, 3.05) is 6.26 Å². The van der Waals surface area contributed by atoms with Gasteiger partial charge in [-0.3, -0.25) is 4.79 Å². The summed E-state index contributed by atoms with van der Waals surface area (Å²) in [5.41, 5.74) is 1.78. The van der Waals surface area contributed by atoms with E-state index in [4.69, 9.17) is 0 Å². The van der Waals surface area contributed by atoms with Crippen LogP contribution in [0.4, 0.5) is 0 Å². The van der Waals surface area contributed by atoms with Gasteiger partial charge in [-0.15, -0.1) is 11.8 Å². The molecule has 2 aromatic rings. The van der Waals surface area contributed by atoms with Gasteiger partial charge in [-0.05, 0) is 24.0 Å². The molecule has 4 heteroatoms. The molecule has 0 bridgehead atoms. The van der Waals surface area contributed by atoms with Gasteiger partial charge in [0.2, 0.25) is 0 Å². The second kappa shape index (κ2) is 4.53. The lowest BCUT2D eigenvalue weighted by Gasteiger charge is -2.03.